The third-order valence-corrected chi connectivity index (χ3v) is 5.44. The number of imide groups is 1. The Morgan fingerprint density at radius 1 is 1.21 bits per heavy atom. The molecule has 0 aliphatic heterocycles. The molecule has 2 aromatic rings. The second-order valence-corrected chi connectivity index (χ2v) is 9.84. The molecule has 0 spiro atoms. The smallest absolute Gasteiger partial charge is 0.326 e. The third kappa shape index (κ3) is 7.83. The average molecular weight is 517 g/mol. The van der Waals surface area contributed by atoms with Crippen LogP contribution in [0.2, 0.25) is 10.3 Å². The lowest BCUT2D eigenvalue weighted by Crippen LogP contribution is -2.35. The second-order valence-electron chi connectivity index (χ2n) is 8.11. The van der Waals surface area contributed by atoms with Gasteiger partial charge in [0.1, 0.15) is 10.8 Å². The maximum Gasteiger partial charge on any atom is 0.326 e. The van der Waals surface area contributed by atoms with E-state index in [1.165, 1.54) is 0 Å². The van der Waals surface area contributed by atoms with Gasteiger partial charge in [-0.1, -0.05) is 37.0 Å². The van der Waals surface area contributed by atoms with Crippen LogP contribution in [0.3, 0.4) is 0 Å². The van der Waals surface area contributed by atoms with Crippen LogP contribution >= 0.6 is 35.0 Å². The third-order valence-electron chi connectivity index (χ3n) is 3.85. The van der Waals surface area contributed by atoms with Gasteiger partial charge >= 0.3 is 12.0 Å². The van der Waals surface area contributed by atoms with Crippen molar-refractivity contribution in [3.63, 3.8) is 0 Å². The van der Waals surface area contributed by atoms with Gasteiger partial charge in [-0.05, 0) is 38.8 Å². The monoisotopic (exact) mass is 516 g/mol. The number of pyridine rings is 2. The molecule has 8 nitrogen and oxygen atoms in total. The van der Waals surface area contributed by atoms with Gasteiger partial charge in [-0.15, -0.1) is 11.8 Å². The van der Waals surface area contributed by atoms with Crippen molar-refractivity contribution in [3.05, 3.63) is 45.7 Å². The molecule has 2 aromatic heterocycles. The molecular formula is C21H23Cl2FN4O4S. The van der Waals surface area contributed by atoms with Gasteiger partial charge in [-0.25, -0.2) is 14.2 Å². The summed E-state index contributed by atoms with van der Waals surface area (Å²) in [7, 11) is 0. The van der Waals surface area contributed by atoms with E-state index in [0.29, 0.717) is 16.3 Å². The summed E-state index contributed by atoms with van der Waals surface area (Å²) < 4.78 is 19.0. The Morgan fingerprint density at radius 2 is 1.88 bits per heavy atom. The Bertz CT molecular complexity index is 1080. The number of ether oxygens (including phenoxy) is 1. The Morgan fingerprint density at radius 3 is 2.48 bits per heavy atom. The van der Waals surface area contributed by atoms with E-state index in [-0.39, 0.29) is 22.4 Å². The molecule has 12 heteroatoms. The lowest BCUT2D eigenvalue weighted by Gasteiger charge is -2.20. The first-order valence-corrected chi connectivity index (χ1v) is 11.5. The maximum atomic E-state index is 13.7. The first-order valence-electron chi connectivity index (χ1n) is 9.76. The Balaban J connectivity index is 2.21. The van der Waals surface area contributed by atoms with Gasteiger partial charge in [0.15, 0.2) is 11.0 Å². The summed E-state index contributed by atoms with van der Waals surface area (Å²) >= 11 is 12.5. The van der Waals surface area contributed by atoms with Crippen molar-refractivity contribution < 1.29 is 23.5 Å². The number of aromatic nitrogens is 2. The molecular weight excluding hydrogens is 494 g/mol. The lowest BCUT2D eigenvalue weighted by molar-refractivity contribution is -0.151. The van der Waals surface area contributed by atoms with E-state index in [1.54, 1.807) is 33.0 Å². The number of thioether (sulfide) groups is 1. The minimum atomic E-state index is -0.974. The van der Waals surface area contributed by atoms with Crippen LogP contribution in [0.25, 0.3) is 0 Å². The molecule has 0 unspecified atom stereocenters. The lowest BCUT2D eigenvalue weighted by atomic mass is 10.1. The summed E-state index contributed by atoms with van der Waals surface area (Å²) in [4.78, 5) is 45.4. The zero-order valence-electron chi connectivity index (χ0n) is 18.6. The zero-order chi connectivity index (χ0) is 24.9. The first-order chi connectivity index (χ1) is 15.3. The number of urea groups is 1. The number of carbonyl (C=O) groups excluding carboxylic acids is 3. The van der Waals surface area contributed by atoms with Crippen LogP contribution in [-0.2, 0) is 9.53 Å². The summed E-state index contributed by atoms with van der Waals surface area (Å²) in [5.74, 6) is -2.44. The highest BCUT2D eigenvalue weighted by molar-refractivity contribution is 8.00. The van der Waals surface area contributed by atoms with Crippen LogP contribution in [0.4, 0.5) is 14.9 Å². The number of carbonyl (C=O) groups is 3. The summed E-state index contributed by atoms with van der Waals surface area (Å²) in [6.07, 6.45) is 1.56. The minimum absolute atomic E-state index is 0.000618. The Labute approximate surface area is 205 Å². The number of amides is 3. The van der Waals surface area contributed by atoms with E-state index < -0.39 is 34.5 Å². The van der Waals surface area contributed by atoms with Crippen molar-refractivity contribution in [2.45, 2.75) is 51.0 Å². The number of hydrogen-bond acceptors (Lipinski definition) is 7. The van der Waals surface area contributed by atoms with E-state index in [2.05, 4.69) is 20.6 Å². The van der Waals surface area contributed by atoms with Gasteiger partial charge in [0.05, 0.1) is 22.7 Å². The van der Waals surface area contributed by atoms with Crippen LogP contribution in [0.5, 0.6) is 0 Å². The van der Waals surface area contributed by atoms with Crippen molar-refractivity contribution in [3.8, 4) is 0 Å². The molecule has 0 atom stereocenters. The van der Waals surface area contributed by atoms with E-state index >= 15 is 0 Å². The number of nitrogens with zero attached hydrogens (tertiary/aromatic N) is 2. The van der Waals surface area contributed by atoms with Crippen molar-refractivity contribution >= 4 is 58.6 Å². The van der Waals surface area contributed by atoms with E-state index in [1.807, 2.05) is 13.8 Å². The van der Waals surface area contributed by atoms with Gasteiger partial charge in [-0.3, -0.25) is 19.9 Å². The van der Waals surface area contributed by atoms with E-state index in [0.717, 1.165) is 17.8 Å². The van der Waals surface area contributed by atoms with Crippen molar-refractivity contribution in [2.24, 2.45) is 0 Å². The number of halogens is 3. The van der Waals surface area contributed by atoms with Crippen molar-refractivity contribution in [2.75, 3.05) is 11.1 Å². The average Bonchev–Trinajstić information content (AvgIpc) is 2.68. The van der Waals surface area contributed by atoms with Crippen LogP contribution < -0.4 is 10.6 Å². The summed E-state index contributed by atoms with van der Waals surface area (Å²) in [6.45, 7) is 9.05. The number of esters is 1. The molecule has 0 saturated heterocycles. The topological polar surface area (TPSA) is 110 Å². The summed E-state index contributed by atoms with van der Waals surface area (Å²) in [6, 6.07) is 1.51. The number of rotatable bonds is 6. The van der Waals surface area contributed by atoms with Gasteiger partial charge in [0, 0.05) is 11.1 Å². The fraction of sp³-hybridized carbons (Fsp3) is 0.381. The number of hydrogen-bond donors (Lipinski definition) is 2. The molecule has 2 rings (SSSR count). The zero-order valence-corrected chi connectivity index (χ0v) is 20.9. The normalized spacial score (nSPS) is 11.3. The molecule has 0 aromatic carbocycles. The van der Waals surface area contributed by atoms with Gasteiger partial charge in [-0.2, -0.15) is 0 Å². The number of anilines is 1. The van der Waals surface area contributed by atoms with Gasteiger partial charge in [0.2, 0.25) is 0 Å². The molecule has 0 fully saturated rings. The van der Waals surface area contributed by atoms with Crippen molar-refractivity contribution in [1.29, 1.82) is 0 Å². The molecule has 33 heavy (non-hydrogen) atoms. The van der Waals surface area contributed by atoms with Crippen LogP contribution in [0, 0.1) is 5.82 Å². The predicted molar refractivity (Wildman–Crippen MR) is 126 cm³/mol. The molecule has 0 radical (unpaired) electrons. The fourth-order valence-corrected chi connectivity index (χ4v) is 3.77. The van der Waals surface area contributed by atoms with E-state index in [9.17, 15) is 18.8 Å². The Hall–Kier alpha value is -2.43. The SMILES string of the molecule is CC(C)c1nccc(SCC(=O)OC(C)(C)C)c1NC(=O)NC(=O)c1cc(F)c(Cl)nc1Cl. The highest BCUT2D eigenvalue weighted by atomic mass is 35.5. The highest BCUT2D eigenvalue weighted by Crippen LogP contribution is 2.33. The molecule has 178 valence electrons. The molecule has 0 bridgehead atoms. The van der Waals surface area contributed by atoms with Crippen LogP contribution in [0.1, 0.15) is 56.6 Å². The maximum absolute atomic E-state index is 13.7. The second kappa shape index (κ2) is 11.1. The molecule has 0 saturated carbocycles. The van der Waals surface area contributed by atoms with Gasteiger partial charge in [0.25, 0.3) is 5.91 Å². The van der Waals surface area contributed by atoms with Crippen LogP contribution in [0.15, 0.2) is 23.2 Å². The molecule has 2 heterocycles. The summed E-state index contributed by atoms with van der Waals surface area (Å²) in [5.41, 5.74) is -0.109. The largest absolute Gasteiger partial charge is 0.459 e. The molecule has 0 aliphatic rings. The first kappa shape index (κ1) is 26.8. The Kier molecular flexibility index (Phi) is 9.04. The quantitative estimate of drug-likeness (QED) is 0.298. The highest BCUT2D eigenvalue weighted by Gasteiger charge is 2.22. The standard InChI is InChI=1S/C21H23Cl2FN4O4S/c1-10(2)15-16(13(6-7-25-15)33-9-14(29)32-21(3,4)5)26-20(31)28-19(30)11-8-12(24)18(23)27-17(11)22/h6-8,10H,9H2,1-5H3,(H2,26,28,30,31). The summed E-state index contributed by atoms with van der Waals surface area (Å²) in [5, 5.41) is 3.81. The predicted octanol–water partition coefficient (Wildman–Crippen LogP) is 5.44. The van der Waals surface area contributed by atoms with Crippen molar-refractivity contribution in [1.82, 2.24) is 15.3 Å². The molecule has 3 amide bonds. The molecule has 0 aliphatic carbocycles. The number of nitrogens with one attached hydrogen (secondary N) is 2. The molecule has 2 N–H and O–H groups in total. The van der Waals surface area contributed by atoms with E-state index in [4.69, 9.17) is 27.9 Å². The van der Waals surface area contributed by atoms with Gasteiger partial charge < -0.3 is 10.1 Å². The van der Waals surface area contributed by atoms with Crippen LogP contribution in [-0.4, -0.2) is 39.2 Å². The minimum Gasteiger partial charge on any atom is -0.459 e. The fourth-order valence-electron chi connectivity index (χ4n) is 2.57.